The van der Waals surface area contributed by atoms with Crippen molar-refractivity contribution in [2.75, 3.05) is 26.2 Å². The van der Waals surface area contributed by atoms with Crippen LogP contribution in [-0.2, 0) is 22.6 Å². The minimum absolute atomic E-state index is 0.129. The van der Waals surface area contributed by atoms with E-state index in [1.807, 2.05) is 6.92 Å². The number of hydrogen-bond donors (Lipinski definition) is 0. The molecule has 0 radical (unpaired) electrons. The van der Waals surface area contributed by atoms with Crippen molar-refractivity contribution >= 4 is 15.9 Å². The fraction of sp³-hybridized carbons (Fsp3) is 0.350. The van der Waals surface area contributed by atoms with Crippen LogP contribution in [0.4, 0.5) is 13.2 Å². The zero-order valence-corrected chi connectivity index (χ0v) is 16.6. The number of sulfonamides is 1. The Balaban J connectivity index is 1.65. The topological polar surface area (TPSA) is 57.7 Å². The lowest BCUT2D eigenvalue weighted by Gasteiger charge is -2.34. The molecule has 0 spiro atoms. The lowest BCUT2D eigenvalue weighted by Crippen LogP contribution is -2.50. The van der Waals surface area contributed by atoms with Crippen LogP contribution < -0.4 is 0 Å². The van der Waals surface area contributed by atoms with Crippen LogP contribution in [0.3, 0.4) is 0 Å². The van der Waals surface area contributed by atoms with Crippen molar-refractivity contribution in [3.8, 4) is 0 Å². The standard InChI is InChI=1S/C20H21F3N2O3S/c1-2-15-3-9-18(10-4-15)29(27,28)25-13-11-24(12-14-25)19(26)16-5-7-17(8-6-16)20(21,22)23/h3-10H,2,11-14H2,1H3. The summed E-state index contributed by atoms with van der Waals surface area (Å²) in [6.07, 6.45) is -3.65. The predicted molar refractivity (Wildman–Crippen MR) is 102 cm³/mol. The van der Waals surface area contributed by atoms with Gasteiger partial charge in [-0.1, -0.05) is 19.1 Å². The fourth-order valence-corrected chi connectivity index (χ4v) is 4.58. The molecule has 1 aliphatic heterocycles. The van der Waals surface area contributed by atoms with Crippen molar-refractivity contribution in [2.24, 2.45) is 0 Å². The Kier molecular flexibility index (Phi) is 6.00. The Hall–Kier alpha value is -2.39. The van der Waals surface area contributed by atoms with E-state index in [1.54, 1.807) is 24.3 Å². The second kappa shape index (κ2) is 8.16. The van der Waals surface area contributed by atoms with Gasteiger partial charge in [0.2, 0.25) is 10.0 Å². The van der Waals surface area contributed by atoms with Crippen LogP contribution in [0.2, 0.25) is 0 Å². The molecule has 0 bridgehead atoms. The first kappa shape index (κ1) is 21.3. The summed E-state index contributed by atoms with van der Waals surface area (Å²) in [7, 11) is -3.65. The highest BCUT2D eigenvalue weighted by molar-refractivity contribution is 7.89. The van der Waals surface area contributed by atoms with Gasteiger partial charge in [-0.3, -0.25) is 4.79 Å². The van der Waals surface area contributed by atoms with Crippen LogP contribution in [0, 0.1) is 0 Å². The maximum absolute atomic E-state index is 12.8. The van der Waals surface area contributed by atoms with Gasteiger partial charge in [-0.05, 0) is 48.4 Å². The van der Waals surface area contributed by atoms with E-state index < -0.39 is 27.7 Å². The van der Waals surface area contributed by atoms with Crippen LogP contribution in [0.1, 0.15) is 28.4 Å². The number of amides is 1. The molecule has 0 N–H and O–H groups in total. The number of halogens is 3. The lowest BCUT2D eigenvalue weighted by molar-refractivity contribution is -0.137. The molecule has 1 amide bonds. The molecule has 9 heteroatoms. The molecule has 0 aliphatic carbocycles. The van der Waals surface area contributed by atoms with Crippen molar-refractivity contribution in [2.45, 2.75) is 24.4 Å². The molecule has 1 saturated heterocycles. The van der Waals surface area contributed by atoms with Crippen LogP contribution in [0.25, 0.3) is 0 Å². The molecule has 3 rings (SSSR count). The molecule has 1 aliphatic rings. The fourth-order valence-electron chi connectivity index (χ4n) is 3.16. The Morgan fingerprint density at radius 2 is 1.48 bits per heavy atom. The number of rotatable bonds is 4. The Morgan fingerprint density at radius 3 is 1.97 bits per heavy atom. The molecule has 1 fully saturated rings. The summed E-state index contributed by atoms with van der Waals surface area (Å²) in [4.78, 5) is 14.2. The maximum atomic E-state index is 12.8. The summed E-state index contributed by atoms with van der Waals surface area (Å²) in [6, 6.07) is 10.7. The van der Waals surface area contributed by atoms with Crippen LogP contribution >= 0.6 is 0 Å². The zero-order valence-electron chi connectivity index (χ0n) is 15.8. The predicted octanol–water partition coefficient (Wildman–Crippen LogP) is 3.41. The Bertz CT molecular complexity index is 964. The highest BCUT2D eigenvalue weighted by Gasteiger charge is 2.32. The number of benzene rings is 2. The van der Waals surface area contributed by atoms with E-state index in [4.69, 9.17) is 0 Å². The minimum Gasteiger partial charge on any atom is -0.336 e. The average Bonchev–Trinajstić information content (AvgIpc) is 2.73. The zero-order chi connectivity index (χ0) is 21.2. The van der Waals surface area contributed by atoms with Gasteiger partial charge in [-0.25, -0.2) is 8.42 Å². The van der Waals surface area contributed by atoms with Gasteiger partial charge < -0.3 is 4.90 Å². The molecule has 1 heterocycles. The highest BCUT2D eigenvalue weighted by Crippen LogP contribution is 2.29. The first-order chi connectivity index (χ1) is 13.6. The van der Waals surface area contributed by atoms with Gasteiger partial charge >= 0.3 is 6.18 Å². The van der Waals surface area contributed by atoms with Crippen molar-refractivity contribution in [3.63, 3.8) is 0 Å². The molecule has 29 heavy (non-hydrogen) atoms. The van der Waals surface area contributed by atoms with E-state index in [0.29, 0.717) is 0 Å². The monoisotopic (exact) mass is 426 g/mol. The first-order valence-corrected chi connectivity index (χ1v) is 10.6. The van der Waals surface area contributed by atoms with E-state index in [0.717, 1.165) is 36.2 Å². The second-order valence-electron chi connectivity index (χ2n) is 6.77. The number of aryl methyl sites for hydroxylation is 1. The van der Waals surface area contributed by atoms with Crippen molar-refractivity contribution < 1.29 is 26.4 Å². The number of nitrogens with zero attached hydrogens (tertiary/aromatic N) is 2. The van der Waals surface area contributed by atoms with Gasteiger partial charge in [0.1, 0.15) is 0 Å². The van der Waals surface area contributed by atoms with Gasteiger partial charge in [0.15, 0.2) is 0 Å². The van der Waals surface area contributed by atoms with Crippen LogP contribution in [0.15, 0.2) is 53.4 Å². The summed E-state index contributed by atoms with van der Waals surface area (Å²) in [6.45, 7) is 2.59. The SMILES string of the molecule is CCc1ccc(S(=O)(=O)N2CCN(C(=O)c3ccc(C(F)(F)F)cc3)CC2)cc1. The van der Waals surface area contributed by atoms with Gasteiger partial charge in [0, 0.05) is 31.7 Å². The smallest absolute Gasteiger partial charge is 0.336 e. The molecule has 5 nitrogen and oxygen atoms in total. The van der Waals surface area contributed by atoms with E-state index >= 15 is 0 Å². The number of carbonyl (C=O) groups is 1. The van der Waals surface area contributed by atoms with Crippen LogP contribution in [0.5, 0.6) is 0 Å². The Labute approximate surface area is 167 Å². The molecule has 0 aromatic heterocycles. The minimum atomic E-state index is -4.46. The van der Waals surface area contributed by atoms with Gasteiger partial charge in [-0.2, -0.15) is 17.5 Å². The third kappa shape index (κ3) is 4.62. The van der Waals surface area contributed by atoms with Crippen molar-refractivity contribution in [3.05, 3.63) is 65.2 Å². The van der Waals surface area contributed by atoms with Gasteiger partial charge in [-0.15, -0.1) is 0 Å². The molecule has 2 aromatic rings. The molecule has 0 saturated carbocycles. The normalized spacial score (nSPS) is 16.1. The molecular formula is C20H21F3N2O3S. The molecule has 156 valence electrons. The first-order valence-electron chi connectivity index (χ1n) is 9.18. The molecule has 0 unspecified atom stereocenters. The molecule has 0 atom stereocenters. The quantitative estimate of drug-likeness (QED) is 0.753. The van der Waals surface area contributed by atoms with E-state index in [-0.39, 0.29) is 36.6 Å². The van der Waals surface area contributed by atoms with Crippen molar-refractivity contribution in [1.82, 2.24) is 9.21 Å². The van der Waals surface area contributed by atoms with Gasteiger partial charge in [0.25, 0.3) is 5.91 Å². The second-order valence-corrected chi connectivity index (χ2v) is 8.71. The van der Waals surface area contributed by atoms with E-state index in [2.05, 4.69) is 0 Å². The Morgan fingerprint density at radius 1 is 0.931 bits per heavy atom. The lowest BCUT2D eigenvalue weighted by atomic mass is 10.1. The number of alkyl halides is 3. The van der Waals surface area contributed by atoms with E-state index in [1.165, 1.54) is 9.21 Å². The third-order valence-electron chi connectivity index (χ3n) is 4.95. The molecule has 2 aromatic carbocycles. The van der Waals surface area contributed by atoms with Crippen molar-refractivity contribution in [1.29, 1.82) is 0 Å². The van der Waals surface area contributed by atoms with E-state index in [9.17, 15) is 26.4 Å². The summed E-state index contributed by atoms with van der Waals surface area (Å²) in [5.74, 6) is -0.414. The third-order valence-corrected chi connectivity index (χ3v) is 6.87. The summed E-state index contributed by atoms with van der Waals surface area (Å²) >= 11 is 0. The summed E-state index contributed by atoms with van der Waals surface area (Å²) in [5, 5.41) is 0. The highest BCUT2D eigenvalue weighted by atomic mass is 32.2. The van der Waals surface area contributed by atoms with Crippen LogP contribution in [-0.4, -0.2) is 49.7 Å². The molecular weight excluding hydrogens is 405 g/mol. The average molecular weight is 426 g/mol. The summed E-state index contributed by atoms with van der Waals surface area (Å²) in [5.41, 5.74) is 0.361. The largest absolute Gasteiger partial charge is 0.416 e. The number of hydrogen-bond acceptors (Lipinski definition) is 3. The summed E-state index contributed by atoms with van der Waals surface area (Å²) < 4.78 is 64.8. The van der Waals surface area contributed by atoms with Gasteiger partial charge in [0.05, 0.1) is 10.5 Å². The maximum Gasteiger partial charge on any atom is 0.416 e. The number of carbonyl (C=O) groups excluding carboxylic acids is 1. The number of piperazine rings is 1.